The third kappa shape index (κ3) is 21.3. The number of alkyl carbamates (subject to hydrolysis) is 1. The van der Waals surface area contributed by atoms with Gasteiger partial charge in [-0.2, -0.15) is 0 Å². The number of hydrogen-bond donors (Lipinski definition) is 5. The number of fused-ring (bicyclic) bond motifs is 1. The second-order valence-electron chi connectivity index (χ2n) is 20.7. The fraction of sp³-hybridized carbons (Fsp3) is 0.577. The van der Waals surface area contributed by atoms with E-state index in [1.54, 1.807) is 68.5 Å². The number of amides is 5. The predicted molar refractivity (Wildman–Crippen MR) is 260 cm³/mol. The average Bonchev–Trinajstić information content (AvgIpc) is 3.26. The summed E-state index contributed by atoms with van der Waals surface area (Å²) in [6.45, 7) is 16.1. The lowest BCUT2D eigenvalue weighted by Gasteiger charge is -2.29. The molecule has 1 aliphatic carbocycles. The van der Waals surface area contributed by atoms with Crippen molar-refractivity contribution in [1.29, 1.82) is 0 Å². The minimum Gasteiger partial charge on any atom is -0.460 e. The summed E-state index contributed by atoms with van der Waals surface area (Å²) >= 11 is 0. The molecule has 0 aliphatic heterocycles. The molecule has 0 unspecified atom stereocenters. The summed E-state index contributed by atoms with van der Waals surface area (Å²) in [5.74, 6) is -2.70. The van der Waals surface area contributed by atoms with Crippen molar-refractivity contribution in [3.8, 4) is 0 Å². The van der Waals surface area contributed by atoms with E-state index in [4.69, 9.17) is 18.9 Å². The number of esters is 3. The van der Waals surface area contributed by atoms with Gasteiger partial charge in [0.15, 0.2) is 0 Å². The molecule has 1 aromatic heterocycles. The first kappa shape index (κ1) is 55.3. The Balaban J connectivity index is 1.34. The number of unbranched alkanes of at least 4 members (excludes halogenated alkanes) is 1. The van der Waals surface area contributed by atoms with Crippen molar-refractivity contribution < 1.29 is 52.5 Å². The first-order chi connectivity index (χ1) is 32.4. The van der Waals surface area contributed by atoms with E-state index < -0.39 is 65.0 Å². The average molecular weight is 959 g/mol. The van der Waals surface area contributed by atoms with Crippen LogP contribution in [0.15, 0.2) is 66.9 Å². The number of ether oxygens (including phenoxy) is 4. The van der Waals surface area contributed by atoms with Gasteiger partial charge in [0.25, 0.3) is 0 Å². The molecule has 69 heavy (non-hydrogen) atoms. The Morgan fingerprint density at radius 3 is 1.90 bits per heavy atom. The van der Waals surface area contributed by atoms with Crippen LogP contribution in [0.2, 0.25) is 0 Å². The van der Waals surface area contributed by atoms with Gasteiger partial charge < -0.3 is 45.5 Å². The topological polar surface area (TPSA) is 229 Å². The smallest absolute Gasteiger partial charge is 0.407 e. The van der Waals surface area contributed by atoms with E-state index >= 15 is 0 Å². The maximum atomic E-state index is 13.9. The van der Waals surface area contributed by atoms with Crippen LogP contribution in [0.4, 0.5) is 9.59 Å². The molecule has 0 saturated heterocycles. The number of carbonyl (C=O) groups excluding carboxylic acids is 7. The Morgan fingerprint density at radius 1 is 0.652 bits per heavy atom. The minimum absolute atomic E-state index is 0.109. The Kier molecular flexibility index (Phi) is 20.8. The van der Waals surface area contributed by atoms with E-state index in [9.17, 15) is 33.6 Å². The van der Waals surface area contributed by atoms with Gasteiger partial charge in [0, 0.05) is 43.4 Å². The highest BCUT2D eigenvalue weighted by atomic mass is 16.6. The molecule has 2 aromatic carbocycles. The summed E-state index contributed by atoms with van der Waals surface area (Å²) in [5.41, 5.74) is 0.0464. The highest BCUT2D eigenvalue weighted by molar-refractivity contribution is 5.89. The number of urea groups is 1. The van der Waals surface area contributed by atoms with Gasteiger partial charge in [-0.25, -0.2) is 19.2 Å². The van der Waals surface area contributed by atoms with Gasteiger partial charge in [-0.3, -0.25) is 19.4 Å². The SMILES string of the molecule is CC(C)(C)OC(=O)CC[C@H](NC(=O)N[C@@H](CCCCNC(=O)[C@H](Cc1ccc2ncccc2c1)NC(=O)C1CCC(CNC(=O)OCc2ccccc2)CC1)C(=O)OC(C)(C)C)C(=O)OC(C)(C)C. The number of hydrogen-bond acceptors (Lipinski definition) is 12. The van der Waals surface area contributed by atoms with Crippen LogP contribution in [0.5, 0.6) is 0 Å². The number of nitrogens with one attached hydrogen (secondary N) is 5. The molecule has 17 heteroatoms. The van der Waals surface area contributed by atoms with Crippen LogP contribution in [0, 0.1) is 11.8 Å². The third-order valence-electron chi connectivity index (χ3n) is 11.0. The largest absolute Gasteiger partial charge is 0.460 e. The first-order valence-corrected chi connectivity index (χ1v) is 24.0. The molecule has 0 bridgehead atoms. The van der Waals surface area contributed by atoms with Crippen molar-refractivity contribution in [1.82, 2.24) is 31.6 Å². The highest BCUT2D eigenvalue weighted by Gasteiger charge is 2.33. The van der Waals surface area contributed by atoms with Crippen molar-refractivity contribution in [2.45, 2.75) is 168 Å². The quantitative estimate of drug-likeness (QED) is 0.0408. The molecule has 5 N–H and O–H groups in total. The lowest BCUT2D eigenvalue weighted by Crippen LogP contribution is -2.53. The number of aromatic nitrogens is 1. The minimum atomic E-state index is -1.23. The van der Waals surface area contributed by atoms with Gasteiger partial charge in [0.05, 0.1) is 5.52 Å². The molecular formula is C52H74N6O11. The number of rotatable bonds is 21. The molecule has 3 atom stereocenters. The standard InChI is InChI=1S/C52H74N6O11/c1-50(2,3)67-43(59)27-26-41(47(63)69-52(7,8)9)58-48(64)57-40(46(62)68-51(4,5)6)19-13-14-28-54-45(61)42(31-36-22-25-39-38(30-36)18-15-29-53-39)56-44(60)37-23-20-34(21-24-37)32-55-49(65)66-33-35-16-11-10-12-17-35/h10-12,15-18,22,25,29-30,34,37,40-42H,13-14,19-21,23-24,26-28,31-33H2,1-9H3,(H,54,61)(H,55,65)(H,56,60)(H2,57,58,64)/t34?,37?,40-,41-,42-/m0/s1. The molecule has 378 valence electrons. The maximum absolute atomic E-state index is 13.9. The summed E-state index contributed by atoms with van der Waals surface area (Å²) in [6, 6.07) is 14.8. The van der Waals surface area contributed by atoms with Gasteiger partial charge in [0.2, 0.25) is 11.8 Å². The van der Waals surface area contributed by atoms with Crippen molar-refractivity contribution >= 4 is 52.7 Å². The van der Waals surface area contributed by atoms with Crippen molar-refractivity contribution in [3.63, 3.8) is 0 Å². The number of pyridine rings is 1. The van der Waals surface area contributed by atoms with Crippen LogP contribution in [-0.2, 0) is 55.9 Å². The van der Waals surface area contributed by atoms with E-state index in [1.807, 2.05) is 60.7 Å². The van der Waals surface area contributed by atoms with Gasteiger partial charge >= 0.3 is 30.0 Å². The zero-order valence-electron chi connectivity index (χ0n) is 41.9. The van der Waals surface area contributed by atoms with Gasteiger partial charge in [0.1, 0.15) is 41.5 Å². The molecule has 4 rings (SSSR count). The van der Waals surface area contributed by atoms with Crippen LogP contribution in [0.3, 0.4) is 0 Å². The molecular weight excluding hydrogens is 885 g/mol. The van der Waals surface area contributed by atoms with Crippen molar-refractivity contribution in [3.05, 3.63) is 78.0 Å². The van der Waals surface area contributed by atoms with Crippen molar-refractivity contribution in [2.24, 2.45) is 11.8 Å². The van der Waals surface area contributed by atoms with E-state index in [-0.39, 0.29) is 62.5 Å². The summed E-state index contributed by atoms with van der Waals surface area (Å²) in [5, 5.41) is 14.9. The molecule has 3 aromatic rings. The van der Waals surface area contributed by atoms with Crippen LogP contribution in [0.25, 0.3) is 10.9 Å². The summed E-state index contributed by atoms with van der Waals surface area (Å²) in [6.07, 6.45) is 4.74. The van der Waals surface area contributed by atoms with Crippen molar-refractivity contribution in [2.75, 3.05) is 13.1 Å². The Bertz CT molecular complexity index is 2190. The molecule has 1 fully saturated rings. The van der Waals surface area contributed by atoms with Gasteiger partial charge in [-0.15, -0.1) is 0 Å². The Morgan fingerprint density at radius 2 is 1.28 bits per heavy atom. The monoisotopic (exact) mass is 959 g/mol. The fourth-order valence-corrected chi connectivity index (χ4v) is 7.68. The summed E-state index contributed by atoms with van der Waals surface area (Å²) < 4.78 is 21.9. The number of benzene rings is 2. The molecule has 0 radical (unpaired) electrons. The fourth-order valence-electron chi connectivity index (χ4n) is 7.68. The lowest BCUT2D eigenvalue weighted by atomic mass is 9.81. The van der Waals surface area contributed by atoms with Crippen LogP contribution in [-0.4, -0.2) is 94.8 Å². The Hall–Kier alpha value is -6.26. The zero-order chi connectivity index (χ0) is 50.8. The first-order valence-electron chi connectivity index (χ1n) is 24.0. The molecule has 1 saturated carbocycles. The highest BCUT2D eigenvalue weighted by Crippen LogP contribution is 2.29. The van der Waals surface area contributed by atoms with E-state index in [2.05, 4.69) is 31.6 Å². The van der Waals surface area contributed by atoms with Crippen LogP contribution < -0.4 is 26.6 Å². The van der Waals surface area contributed by atoms with Gasteiger partial charge in [-0.1, -0.05) is 42.5 Å². The molecule has 1 heterocycles. The van der Waals surface area contributed by atoms with E-state index in [1.165, 1.54) is 0 Å². The van der Waals surface area contributed by atoms with Gasteiger partial charge in [-0.05, 0) is 149 Å². The molecule has 0 spiro atoms. The zero-order valence-corrected chi connectivity index (χ0v) is 41.9. The number of carbonyl (C=O) groups is 7. The third-order valence-corrected chi connectivity index (χ3v) is 11.0. The maximum Gasteiger partial charge on any atom is 0.407 e. The van der Waals surface area contributed by atoms with Crippen LogP contribution in [0.1, 0.15) is 131 Å². The molecule has 17 nitrogen and oxygen atoms in total. The van der Waals surface area contributed by atoms with E-state index in [0.717, 1.165) is 34.9 Å². The number of nitrogens with zero attached hydrogens (tertiary/aromatic N) is 1. The second-order valence-corrected chi connectivity index (χ2v) is 20.7. The molecule has 1 aliphatic rings. The normalized spacial score (nSPS) is 16.4. The Labute approximate surface area is 406 Å². The molecule has 5 amide bonds. The lowest BCUT2D eigenvalue weighted by molar-refractivity contribution is -0.159. The summed E-state index contributed by atoms with van der Waals surface area (Å²) in [4.78, 5) is 96.9. The van der Waals surface area contributed by atoms with Crippen LogP contribution >= 0.6 is 0 Å². The summed E-state index contributed by atoms with van der Waals surface area (Å²) in [7, 11) is 0. The van der Waals surface area contributed by atoms with E-state index in [0.29, 0.717) is 32.2 Å². The predicted octanol–water partition coefficient (Wildman–Crippen LogP) is 7.12. The second kappa shape index (κ2) is 25.9.